The van der Waals surface area contributed by atoms with Crippen molar-refractivity contribution in [2.45, 2.75) is 58.4 Å². The predicted octanol–water partition coefficient (Wildman–Crippen LogP) is 4.39. The second kappa shape index (κ2) is 9.25. The number of ether oxygens (including phenoxy) is 1. The maximum absolute atomic E-state index is 14.0. The van der Waals surface area contributed by atoms with Gasteiger partial charge in [0, 0.05) is 23.5 Å². The molecule has 2 N–H and O–H groups in total. The Bertz CT molecular complexity index is 898. The Morgan fingerprint density at radius 3 is 2.59 bits per heavy atom. The average molecular weight is 400 g/mol. The van der Waals surface area contributed by atoms with Gasteiger partial charge in [-0.05, 0) is 49.8 Å². The number of esters is 1. The molecule has 0 saturated heterocycles. The van der Waals surface area contributed by atoms with Crippen LogP contribution in [0.15, 0.2) is 24.3 Å². The van der Waals surface area contributed by atoms with Crippen molar-refractivity contribution in [2.24, 2.45) is 11.7 Å². The molecule has 1 saturated carbocycles. The molecule has 1 aliphatic rings. The molecule has 0 atom stereocenters. The SMILES string of the molecule is COC(=O)CCc1c(-c2cccc(F)c2)c(C(N)=O)c(C)n1CC1CCCCC1. The number of nitrogens with two attached hydrogens (primary N) is 1. The third-order valence-corrected chi connectivity index (χ3v) is 5.95. The first-order chi connectivity index (χ1) is 13.9. The second-order valence-corrected chi connectivity index (χ2v) is 7.85. The van der Waals surface area contributed by atoms with Crippen LogP contribution in [-0.4, -0.2) is 23.6 Å². The highest BCUT2D eigenvalue weighted by molar-refractivity contribution is 6.02. The van der Waals surface area contributed by atoms with Crippen molar-refractivity contribution in [2.75, 3.05) is 7.11 Å². The van der Waals surface area contributed by atoms with Crippen molar-refractivity contribution in [3.8, 4) is 11.1 Å². The standard InChI is InChI=1S/C23H29FN2O3/c1-15-21(23(25)28)22(17-9-6-10-18(24)13-17)19(11-12-20(27)29-2)26(15)14-16-7-4-3-5-8-16/h6,9-10,13,16H,3-5,7-8,11-12,14H2,1-2H3,(H2,25,28). The fraction of sp³-hybridized carbons (Fsp3) is 0.478. The van der Waals surface area contributed by atoms with E-state index in [1.807, 2.05) is 6.92 Å². The van der Waals surface area contributed by atoms with Gasteiger partial charge in [0.25, 0.3) is 5.91 Å². The minimum Gasteiger partial charge on any atom is -0.469 e. The van der Waals surface area contributed by atoms with Crippen molar-refractivity contribution in [1.29, 1.82) is 0 Å². The number of benzene rings is 1. The van der Waals surface area contributed by atoms with Crippen LogP contribution in [0.1, 0.15) is 60.3 Å². The maximum atomic E-state index is 14.0. The molecular weight excluding hydrogens is 371 g/mol. The van der Waals surface area contributed by atoms with E-state index in [1.54, 1.807) is 12.1 Å². The molecule has 1 aliphatic carbocycles. The van der Waals surface area contributed by atoms with E-state index in [9.17, 15) is 14.0 Å². The van der Waals surface area contributed by atoms with Gasteiger partial charge >= 0.3 is 5.97 Å². The summed E-state index contributed by atoms with van der Waals surface area (Å²) in [5, 5.41) is 0. The normalized spacial score (nSPS) is 14.7. The smallest absolute Gasteiger partial charge is 0.305 e. The fourth-order valence-corrected chi connectivity index (χ4v) is 4.51. The van der Waals surface area contributed by atoms with Gasteiger partial charge in [-0.1, -0.05) is 31.4 Å². The van der Waals surface area contributed by atoms with Crippen molar-refractivity contribution in [3.05, 3.63) is 47.0 Å². The van der Waals surface area contributed by atoms with Gasteiger partial charge in [-0.3, -0.25) is 9.59 Å². The molecular formula is C23H29FN2O3. The Balaban J connectivity index is 2.13. The van der Waals surface area contributed by atoms with Gasteiger partial charge in [0.05, 0.1) is 19.1 Å². The number of amides is 1. The third-order valence-electron chi connectivity index (χ3n) is 5.95. The first-order valence-electron chi connectivity index (χ1n) is 10.3. The fourth-order valence-electron chi connectivity index (χ4n) is 4.51. The quantitative estimate of drug-likeness (QED) is 0.701. The molecule has 0 radical (unpaired) electrons. The monoisotopic (exact) mass is 400 g/mol. The summed E-state index contributed by atoms with van der Waals surface area (Å²) in [6, 6.07) is 6.17. The number of hydrogen-bond acceptors (Lipinski definition) is 3. The first-order valence-corrected chi connectivity index (χ1v) is 10.3. The highest BCUT2D eigenvalue weighted by atomic mass is 19.1. The highest BCUT2D eigenvalue weighted by Crippen LogP contribution is 2.36. The molecule has 3 rings (SSSR count). The largest absolute Gasteiger partial charge is 0.469 e. The lowest BCUT2D eigenvalue weighted by atomic mass is 9.89. The zero-order valence-electron chi connectivity index (χ0n) is 17.2. The average Bonchev–Trinajstić information content (AvgIpc) is 2.98. The van der Waals surface area contributed by atoms with Crippen LogP contribution in [0.25, 0.3) is 11.1 Å². The van der Waals surface area contributed by atoms with E-state index in [2.05, 4.69) is 4.57 Å². The summed E-state index contributed by atoms with van der Waals surface area (Å²) >= 11 is 0. The summed E-state index contributed by atoms with van der Waals surface area (Å²) in [6.45, 7) is 2.66. The van der Waals surface area contributed by atoms with Crippen LogP contribution in [0.3, 0.4) is 0 Å². The molecule has 0 bridgehead atoms. The first kappa shape index (κ1) is 21.1. The zero-order chi connectivity index (χ0) is 21.0. The lowest BCUT2D eigenvalue weighted by Gasteiger charge is -2.24. The molecule has 6 heteroatoms. The van der Waals surface area contributed by atoms with Crippen LogP contribution < -0.4 is 5.73 Å². The number of methoxy groups -OCH3 is 1. The molecule has 1 aromatic heterocycles. The lowest BCUT2D eigenvalue weighted by molar-refractivity contribution is -0.140. The van der Waals surface area contributed by atoms with Gasteiger partial charge in [0.15, 0.2) is 0 Å². The molecule has 0 aliphatic heterocycles. The number of nitrogens with zero attached hydrogens (tertiary/aromatic N) is 1. The number of rotatable bonds is 7. The lowest BCUT2D eigenvalue weighted by Crippen LogP contribution is -2.18. The Morgan fingerprint density at radius 1 is 1.24 bits per heavy atom. The Kier molecular flexibility index (Phi) is 6.72. The van der Waals surface area contributed by atoms with Crippen LogP contribution in [0.4, 0.5) is 4.39 Å². The summed E-state index contributed by atoms with van der Waals surface area (Å²) in [6.07, 6.45) is 6.57. The summed E-state index contributed by atoms with van der Waals surface area (Å²) in [5.74, 6) is -0.718. The molecule has 156 valence electrons. The topological polar surface area (TPSA) is 74.3 Å². The Labute approximate surface area is 171 Å². The summed E-state index contributed by atoms with van der Waals surface area (Å²) < 4.78 is 20.9. The van der Waals surface area contributed by atoms with Crippen LogP contribution in [0, 0.1) is 18.7 Å². The van der Waals surface area contributed by atoms with Gasteiger partial charge in [0.2, 0.25) is 0 Å². The summed E-state index contributed by atoms with van der Waals surface area (Å²) in [7, 11) is 1.36. The number of halogens is 1. The van der Waals surface area contributed by atoms with Crippen LogP contribution in [0.2, 0.25) is 0 Å². The van der Waals surface area contributed by atoms with E-state index in [0.29, 0.717) is 29.0 Å². The molecule has 1 aromatic carbocycles. The summed E-state index contributed by atoms with van der Waals surface area (Å²) in [5.41, 5.74) is 9.02. The zero-order valence-corrected chi connectivity index (χ0v) is 17.2. The van der Waals surface area contributed by atoms with E-state index in [4.69, 9.17) is 10.5 Å². The number of carbonyl (C=O) groups is 2. The highest BCUT2D eigenvalue weighted by Gasteiger charge is 2.27. The minimum absolute atomic E-state index is 0.186. The van der Waals surface area contributed by atoms with Gasteiger partial charge in [-0.15, -0.1) is 0 Å². The third kappa shape index (κ3) is 4.69. The van der Waals surface area contributed by atoms with Gasteiger partial charge in [-0.25, -0.2) is 4.39 Å². The second-order valence-electron chi connectivity index (χ2n) is 7.85. The van der Waals surface area contributed by atoms with Crippen molar-refractivity contribution in [1.82, 2.24) is 4.57 Å². The van der Waals surface area contributed by atoms with E-state index in [0.717, 1.165) is 30.8 Å². The molecule has 1 fully saturated rings. The van der Waals surface area contributed by atoms with Crippen molar-refractivity contribution >= 4 is 11.9 Å². The van der Waals surface area contributed by atoms with Gasteiger partial charge < -0.3 is 15.0 Å². The Hall–Kier alpha value is -2.63. The maximum Gasteiger partial charge on any atom is 0.305 e. The van der Waals surface area contributed by atoms with Gasteiger partial charge in [-0.2, -0.15) is 0 Å². The number of carbonyl (C=O) groups excluding carboxylic acids is 2. The predicted molar refractivity (Wildman–Crippen MR) is 110 cm³/mol. The summed E-state index contributed by atoms with van der Waals surface area (Å²) in [4.78, 5) is 24.2. The number of primary amides is 1. The molecule has 0 spiro atoms. The van der Waals surface area contributed by atoms with Crippen LogP contribution in [0.5, 0.6) is 0 Å². The molecule has 29 heavy (non-hydrogen) atoms. The molecule has 1 amide bonds. The number of aromatic nitrogens is 1. The van der Waals surface area contributed by atoms with Crippen LogP contribution >= 0.6 is 0 Å². The molecule has 1 heterocycles. The van der Waals surface area contributed by atoms with Gasteiger partial charge in [0.1, 0.15) is 5.82 Å². The van der Waals surface area contributed by atoms with E-state index in [-0.39, 0.29) is 18.2 Å². The molecule has 0 unspecified atom stereocenters. The minimum atomic E-state index is -0.538. The Morgan fingerprint density at radius 2 is 1.97 bits per heavy atom. The number of hydrogen-bond donors (Lipinski definition) is 1. The molecule has 5 nitrogen and oxygen atoms in total. The molecule has 2 aromatic rings. The van der Waals surface area contributed by atoms with E-state index >= 15 is 0 Å². The van der Waals surface area contributed by atoms with Crippen LogP contribution in [-0.2, 0) is 22.5 Å². The van der Waals surface area contributed by atoms with Crippen molar-refractivity contribution in [3.63, 3.8) is 0 Å². The van der Waals surface area contributed by atoms with E-state index < -0.39 is 5.91 Å². The van der Waals surface area contributed by atoms with Crippen molar-refractivity contribution < 1.29 is 18.7 Å². The van der Waals surface area contributed by atoms with E-state index in [1.165, 1.54) is 38.5 Å².